The van der Waals surface area contributed by atoms with Crippen molar-refractivity contribution in [1.29, 1.82) is 0 Å². The summed E-state index contributed by atoms with van der Waals surface area (Å²) >= 11 is 0. The molecule has 6 atom stereocenters. The normalized spacial score (nSPS) is 30.6. The fourth-order valence-electron chi connectivity index (χ4n) is 6.35. The minimum atomic E-state index is -5.08. The van der Waals surface area contributed by atoms with E-state index >= 15 is 0 Å². The number of urea groups is 2. The van der Waals surface area contributed by atoms with Crippen LogP contribution >= 0.6 is 0 Å². The zero-order valence-corrected chi connectivity index (χ0v) is 19.2. The van der Waals surface area contributed by atoms with Crippen LogP contribution in [0.25, 0.3) is 0 Å². The zero-order chi connectivity index (χ0) is 27.8. The van der Waals surface area contributed by atoms with Crippen LogP contribution in [0.2, 0.25) is 0 Å². The number of carbonyl (C=O) groups is 6. The molecule has 2 saturated heterocycles. The van der Waals surface area contributed by atoms with E-state index in [1.54, 1.807) is 0 Å². The number of hydrogen-bond acceptors (Lipinski definition) is 8. The van der Waals surface area contributed by atoms with E-state index < -0.39 is 89.1 Å². The molecule has 0 aromatic heterocycles. The van der Waals surface area contributed by atoms with Crippen LogP contribution in [-0.2, 0) is 19.2 Å². The van der Waals surface area contributed by atoms with Gasteiger partial charge in [0.15, 0.2) is 0 Å². The van der Waals surface area contributed by atoms with Crippen LogP contribution in [0.4, 0.5) is 22.8 Å². The molecule has 12 nitrogen and oxygen atoms in total. The molecule has 0 spiro atoms. The number of rotatable bonds is 2. The fourth-order valence-corrected chi connectivity index (χ4v) is 6.35. The number of primary amides is 2. The predicted molar refractivity (Wildman–Crippen MR) is 115 cm³/mol. The van der Waals surface area contributed by atoms with Gasteiger partial charge in [0.25, 0.3) is 0 Å². The first-order chi connectivity index (χ1) is 17.7. The van der Waals surface area contributed by atoms with E-state index in [0.717, 1.165) is 18.2 Å². The summed E-state index contributed by atoms with van der Waals surface area (Å²) in [6, 6.07) is -0.0532. The van der Waals surface area contributed by atoms with Crippen molar-refractivity contribution in [2.75, 3.05) is 0 Å². The van der Waals surface area contributed by atoms with Crippen molar-refractivity contribution in [3.8, 4) is 11.5 Å². The number of imide groups is 6. The lowest BCUT2D eigenvalue weighted by Gasteiger charge is -2.44. The number of carbonyl (C=O) groups excluding carboxylic acids is 6. The summed E-state index contributed by atoms with van der Waals surface area (Å²) in [6.07, 6.45) is -3.86. The molecular weight excluding hydrogens is 517 g/mol. The summed E-state index contributed by atoms with van der Waals surface area (Å²) in [5, 5.41) is 10.7. The smallest absolute Gasteiger partial charge is 0.508 e. The maximum absolute atomic E-state index is 13.3. The number of likely N-dealkylation sites (tertiary alicyclic amines) is 2. The van der Waals surface area contributed by atoms with Crippen LogP contribution in [0.1, 0.15) is 24.3 Å². The van der Waals surface area contributed by atoms with Gasteiger partial charge in [0.05, 0.1) is 23.7 Å². The van der Waals surface area contributed by atoms with Gasteiger partial charge in [-0.15, -0.1) is 13.2 Å². The van der Waals surface area contributed by atoms with Crippen molar-refractivity contribution in [3.63, 3.8) is 0 Å². The molecule has 2 heterocycles. The first-order valence-corrected chi connectivity index (χ1v) is 11.4. The Kier molecular flexibility index (Phi) is 5.50. The number of aromatic hydroxyl groups is 1. The number of amides is 8. The molecule has 5 rings (SSSR count). The lowest BCUT2D eigenvalue weighted by atomic mass is 9.57. The molecule has 200 valence electrons. The van der Waals surface area contributed by atoms with Crippen molar-refractivity contribution in [2.45, 2.75) is 25.1 Å². The summed E-state index contributed by atoms with van der Waals surface area (Å²) in [6.45, 7) is 0. The molecule has 38 heavy (non-hydrogen) atoms. The topological polar surface area (TPSA) is 190 Å². The van der Waals surface area contributed by atoms with E-state index in [9.17, 15) is 47.0 Å². The van der Waals surface area contributed by atoms with Crippen LogP contribution in [0.5, 0.6) is 11.5 Å². The predicted octanol–water partition coefficient (Wildman–Crippen LogP) is 1.08. The van der Waals surface area contributed by atoms with E-state index in [4.69, 9.17) is 11.5 Å². The van der Waals surface area contributed by atoms with E-state index in [1.807, 2.05) is 0 Å². The summed E-state index contributed by atoms with van der Waals surface area (Å²) in [4.78, 5) is 76.5. The Labute approximate surface area is 210 Å². The number of nitrogens with zero attached hydrogens (tertiary/aromatic N) is 2. The van der Waals surface area contributed by atoms with Crippen LogP contribution < -0.4 is 16.2 Å². The van der Waals surface area contributed by atoms with Crippen molar-refractivity contribution < 1.29 is 51.8 Å². The quantitative estimate of drug-likeness (QED) is 0.369. The van der Waals surface area contributed by atoms with Crippen LogP contribution in [0.3, 0.4) is 0 Å². The average molecular weight is 536 g/mol. The third kappa shape index (κ3) is 3.60. The highest BCUT2D eigenvalue weighted by molar-refractivity contribution is 6.18. The molecule has 2 aliphatic heterocycles. The minimum Gasteiger partial charge on any atom is -0.508 e. The van der Waals surface area contributed by atoms with Gasteiger partial charge < -0.3 is 21.3 Å². The Hall–Kier alpha value is -4.43. The molecule has 1 aromatic rings. The van der Waals surface area contributed by atoms with E-state index in [-0.39, 0.29) is 28.9 Å². The molecule has 15 heteroatoms. The van der Waals surface area contributed by atoms with Crippen LogP contribution in [0, 0.1) is 29.6 Å². The Morgan fingerprint density at radius 2 is 1.47 bits per heavy atom. The van der Waals surface area contributed by atoms with Gasteiger partial charge in [-0.3, -0.25) is 19.2 Å². The van der Waals surface area contributed by atoms with Gasteiger partial charge in [-0.2, -0.15) is 9.80 Å². The Bertz CT molecular complexity index is 1360. The van der Waals surface area contributed by atoms with Gasteiger partial charge in [-0.05, 0) is 37.0 Å². The second kappa shape index (κ2) is 8.29. The molecule has 4 aliphatic rings. The van der Waals surface area contributed by atoms with Crippen molar-refractivity contribution in [3.05, 3.63) is 35.4 Å². The second-order valence-corrected chi connectivity index (χ2v) is 9.49. The summed E-state index contributed by atoms with van der Waals surface area (Å²) in [5.41, 5.74) is 10.5. The lowest BCUT2D eigenvalue weighted by Crippen LogP contribution is -2.44. The van der Waals surface area contributed by atoms with E-state index in [2.05, 4.69) is 4.74 Å². The number of allylic oxidation sites excluding steroid dienone is 2. The molecule has 1 aromatic carbocycles. The molecule has 0 radical (unpaired) electrons. The summed E-state index contributed by atoms with van der Waals surface area (Å²) in [5.74, 6) is -12.1. The Morgan fingerprint density at radius 3 is 2.05 bits per heavy atom. The molecule has 5 N–H and O–H groups in total. The maximum atomic E-state index is 13.3. The summed E-state index contributed by atoms with van der Waals surface area (Å²) in [7, 11) is 0. The number of phenolic OH excluding ortho intramolecular Hbond substituents is 1. The SMILES string of the molecule is NC(=O)N1C(=O)C2CC=C3C(CC4C(=O)N(C(N)=O)C(=O)C4C3c3cc(OC(F)(F)F)ccc3O)C2C1=O. The van der Waals surface area contributed by atoms with Crippen molar-refractivity contribution in [1.82, 2.24) is 9.80 Å². The van der Waals surface area contributed by atoms with Gasteiger partial charge in [0.2, 0.25) is 23.6 Å². The maximum Gasteiger partial charge on any atom is 0.573 e. The van der Waals surface area contributed by atoms with Gasteiger partial charge >= 0.3 is 18.4 Å². The number of hydrogen-bond donors (Lipinski definition) is 3. The first-order valence-electron chi connectivity index (χ1n) is 11.4. The minimum absolute atomic E-state index is 0.0834. The largest absolute Gasteiger partial charge is 0.573 e. The van der Waals surface area contributed by atoms with Crippen molar-refractivity contribution in [2.24, 2.45) is 41.1 Å². The number of benzene rings is 1. The fraction of sp³-hybridized carbons (Fsp3) is 0.391. The molecule has 3 fully saturated rings. The number of halogens is 3. The van der Waals surface area contributed by atoms with Crippen LogP contribution in [0.15, 0.2) is 29.8 Å². The first kappa shape index (κ1) is 25.2. The monoisotopic (exact) mass is 536 g/mol. The number of phenols is 1. The molecular formula is C23H19F3N4O8. The highest BCUT2D eigenvalue weighted by Gasteiger charge is 2.63. The van der Waals surface area contributed by atoms with Gasteiger partial charge in [0.1, 0.15) is 11.5 Å². The lowest BCUT2D eigenvalue weighted by molar-refractivity contribution is -0.274. The zero-order valence-electron chi connectivity index (χ0n) is 19.2. The van der Waals surface area contributed by atoms with Crippen LogP contribution in [-0.4, -0.2) is 57.0 Å². The highest BCUT2D eigenvalue weighted by Crippen LogP contribution is 2.59. The molecule has 2 aliphatic carbocycles. The Balaban J connectivity index is 1.67. The average Bonchev–Trinajstić information content (AvgIpc) is 3.22. The van der Waals surface area contributed by atoms with Gasteiger partial charge in [0, 0.05) is 11.5 Å². The molecule has 6 unspecified atom stereocenters. The van der Waals surface area contributed by atoms with E-state index in [0.29, 0.717) is 4.90 Å². The molecule has 8 amide bonds. The summed E-state index contributed by atoms with van der Waals surface area (Å²) < 4.78 is 42.7. The Morgan fingerprint density at radius 1 is 0.895 bits per heavy atom. The number of fused-ring (bicyclic) bond motifs is 4. The van der Waals surface area contributed by atoms with Crippen molar-refractivity contribution >= 4 is 35.7 Å². The van der Waals surface area contributed by atoms with E-state index in [1.165, 1.54) is 6.08 Å². The highest BCUT2D eigenvalue weighted by atomic mass is 19.4. The molecule has 0 bridgehead atoms. The number of alkyl halides is 3. The van der Waals surface area contributed by atoms with Gasteiger partial charge in [-0.25, -0.2) is 9.59 Å². The third-order valence-electron chi connectivity index (χ3n) is 7.66. The number of ether oxygens (including phenoxy) is 1. The third-order valence-corrected chi connectivity index (χ3v) is 7.66. The second-order valence-electron chi connectivity index (χ2n) is 9.49. The molecule has 1 saturated carbocycles. The van der Waals surface area contributed by atoms with Gasteiger partial charge in [-0.1, -0.05) is 11.6 Å². The standard InChI is InChI=1S/C23H19F3N4O8/c24-23(25,26)38-7-1-4-13(31)11(5-7)14-8-2-3-9-15(19(34)29(17(9)32)21(27)36)10(8)6-12-16(14)20(35)30(18(12)33)22(28)37/h1-2,4-5,9-10,12,14-16,31H,3,6H2,(H2,27,36)(H2,28,37). The number of nitrogens with two attached hydrogens (primary N) is 2.